The minimum absolute atomic E-state index is 0.626. The van der Waals surface area contributed by atoms with Crippen LogP contribution in [-0.2, 0) is 6.54 Å². The molecule has 88 valence electrons. The summed E-state index contributed by atoms with van der Waals surface area (Å²) in [6, 6.07) is 12.8. The van der Waals surface area contributed by atoms with Crippen LogP contribution in [0.25, 0.3) is 0 Å². The zero-order valence-corrected chi connectivity index (χ0v) is 9.84. The minimum atomic E-state index is 0.626. The summed E-state index contributed by atoms with van der Waals surface area (Å²) in [5, 5.41) is 7.12. The normalized spacial score (nSPS) is 20.8. The maximum Gasteiger partial charge on any atom is 0.0490 e. The molecule has 17 heavy (non-hydrogen) atoms. The van der Waals surface area contributed by atoms with Crippen LogP contribution in [0.2, 0.25) is 0 Å². The number of aromatic nitrogens is 2. The van der Waals surface area contributed by atoms with E-state index in [1.165, 1.54) is 24.2 Å². The van der Waals surface area contributed by atoms with Crippen molar-refractivity contribution < 1.29 is 0 Å². The van der Waals surface area contributed by atoms with E-state index in [0.29, 0.717) is 5.92 Å². The van der Waals surface area contributed by atoms with Crippen molar-refractivity contribution in [1.82, 2.24) is 15.1 Å². The lowest BCUT2D eigenvalue weighted by Crippen LogP contribution is -2.19. The molecule has 1 aromatic carbocycles. The van der Waals surface area contributed by atoms with Gasteiger partial charge in [0.2, 0.25) is 0 Å². The summed E-state index contributed by atoms with van der Waals surface area (Å²) >= 11 is 0. The summed E-state index contributed by atoms with van der Waals surface area (Å²) in [4.78, 5) is 2.51. The molecule has 1 N–H and O–H groups in total. The van der Waals surface area contributed by atoms with Crippen LogP contribution in [0.15, 0.2) is 42.6 Å². The van der Waals surface area contributed by atoms with Gasteiger partial charge in [-0.3, -0.25) is 10.00 Å². The Morgan fingerprint density at radius 2 is 2.12 bits per heavy atom. The number of nitrogens with zero attached hydrogens (tertiary/aromatic N) is 2. The molecule has 2 aromatic rings. The summed E-state index contributed by atoms with van der Waals surface area (Å²) in [7, 11) is 0. The lowest BCUT2D eigenvalue weighted by molar-refractivity contribution is 0.326. The highest BCUT2D eigenvalue weighted by Crippen LogP contribution is 2.26. The monoisotopic (exact) mass is 227 g/mol. The summed E-state index contributed by atoms with van der Waals surface area (Å²) in [5.74, 6) is 0.626. The van der Waals surface area contributed by atoms with Crippen LogP contribution in [0.5, 0.6) is 0 Å². The molecule has 1 aliphatic rings. The standard InChI is InChI=1S/C14H17N3/c1-2-4-12(5-3-1)10-17-9-7-13(11-17)14-6-8-15-16-14/h1-6,8,13H,7,9-11H2,(H,15,16)/t13-/m1/s1. The highest BCUT2D eigenvalue weighted by Gasteiger charge is 2.24. The number of likely N-dealkylation sites (tertiary alicyclic amines) is 1. The van der Waals surface area contributed by atoms with Crippen LogP contribution in [0, 0.1) is 0 Å². The van der Waals surface area contributed by atoms with E-state index in [9.17, 15) is 0 Å². The minimum Gasteiger partial charge on any atom is -0.298 e. The molecule has 0 amide bonds. The third kappa shape index (κ3) is 2.39. The van der Waals surface area contributed by atoms with Crippen LogP contribution in [0.3, 0.4) is 0 Å². The fourth-order valence-corrected chi connectivity index (χ4v) is 2.57. The third-order valence-corrected chi connectivity index (χ3v) is 3.48. The van der Waals surface area contributed by atoms with Gasteiger partial charge in [-0.15, -0.1) is 0 Å². The second-order valence-electron chi connectivity index (χ2n) is 4.72. The zero-order valence-electron chi connectivity index (χ0n) is 9.84. The topological polar surface area (TPSA) is 31.9 Å². The van der Waals surface area contributed by atoms with E-state index in [0.717, 1.165) is 13.1 Å². The largest absolute Gasteiger partial charge is 0.298 e. The molecule has 3 rings (SSSR count). The van der Waals surface area contributed by atoms with Gasteiger partial charge in [-0.05, 0) is 24.6 Å². The van der Waals surface area contributed by atoms with Gasteiger partial charge in [-0.2, -0.15) is 5.10 Å². The molecule has 1 aliphatic heterocycles. The maximum atomic E-state index is 4.03. The van der Waals surface area contributed by atoms with Gasteiger partial charge in [0.05, 0.1) is 0 Å². The average Bonchev–Trinajstić information content (AvgIpc) is 3.00. The molecule has 0 spiro atoms. The summed E-state index contributed by atoms with van der Waals surface area (Å²) in [5.41, 5.74) is 2.68. The molecule has 1 fully saturated rings. The highest BCUT2D eigenvalue weighted by atomic mass is 15.2. The van der Waals surface area contributed by atoms with Crippen molar-refractivity contribution in [3.8, 4) is 0 Å². The molecule has 1 saturated heterocycles. The fourth-order valence-electron chi connectivity index (χ4n) is 2.57. The van der Waals surface area contributed by atoms with Crippen molar-refractivity contribution in [3.63, 3.8) is 0 Å². The van der Waals surface area contributed by atoms with Crippen molar-refractivity contribution in [3.05, 3.63) is 53.9 Å². The van der Waals surface area contributed by atoms with Gasteiger partial charge in [0.15, 0.2) is 0 Å². The van der Waals surface area contributed by atoms with Crippen molar-refractivity contribution in [2.24, 2.45) is 0 Å². The van der Waals surface area contributed by atoms with Gasteiger partial charge in [0.25, 0.3) is 0 Å². The van der Waals surface area contributed by atoms with Crippen molar-refractivity contribution in [2.45, 2.75) is 18.9 Å². The molecular formula is C14H17N3. The Morgan fingerprint density at radius 1 is 1.24 bits per heavy atom. The summed E-state index contributed by atoms with van der Waals surface area (Å²) < 4.78 is 0. The van der Waals surface area contributed by atoms with Gasteiger partial charge in [0, 0.05) is 30.9 Å². The van der Waals surface area contributed by atoms with E-state index >= 15 is 0 Å². The van der Waals surface area contributed by atoms with Crippen molar-refractivity contribution in [1.29, 1.82) is 0 Å². The maximum absolute atomic E-state index is 4.03. The van der Waals surface area contributed by atoms with Crippen LogP contribution < -0.4 is 0 Å². The van der Waals surface area contributed by atoms with Crippen LogP contribution in [0.4, 0.5) is 0 Å². The number of H-pyrrole nitrogens is 1. The van der Waals surface area contributed by atoms with Gasteiger partial charge < -0.3 is 0 Å². The van der Waals surface area contributed by atoms with Crippen molar-refractivity contribution in [2.75, 3.05) is 13.1 Å². The quantitative estimate of drug-likeness (QED) is 0.873. The Bertz CT molecular complexity index is 450. The first-order valence-corrected chi connectivity index (χ1v) is 6.17. The third-order valence-electron chi connectivity index (χ3n) is 3.48. The number of hydrogen-bond acceptors (Lipinski definition) is 2. The fraction of sp³-hybridized carbons (Fsp3) is 0.357. The number of nitrogens with one attached hydrogen (secondary N) is 1. The molecule has 0 aliphatic carbocycles. The number of rotatable bonds is 3. The smallest absolute Gasteiger partial charge is 0.0490 e. The molecule has 1 aromatic heterocycles. The van der Waals surface area contributed by atoms with E-state index < -0.39 is 0 Å². The van der Waals surface area contributed by atoms with Gasteiger partial charge in [-0.25, -0.2) is 0 Å². The zero-order chi connectivity index (χ0) is 11.5. The van der Waals surface area contributed by atoms with E-state index in [1.54, 1.807) is 0 Å². The predicted molar refractivity (Wildman–Crippen MR) is 67.7 cm³/mol. The van der Waals surface area contributed by atoms with E-state index in [4.69, 9.17) is 0 Å². The molecule has 0 unspecified atom stereocenters. The second-order valence-corrected chi connectivity index (χ2v) is 4.72. The molecule has 0 bridgehead atoms. The Morgan fingerprint density at radius 3 is 2.88 bits per heavy atom. The average molecular weight is 227 g/mol. The molecule has 3 heteroatoms. The van der Waals surface area contributed by atoms with E-state index in [2.05, 4.69) is 51.5 Å². The SMILES string of the molecule is c1ccc(CN2CC[C@@H](c3ccn[nH]3)C2)cc1. The summed E-state index contributed by atoms with van der Waals surface area (Å²) in [6.07, 6.45) is 3.07. The Balaban J connectivity index is 1.61. The first-order chi connectivity index (χ1) is 8.42. The molecule has 3 nitrogen and oxygen atoms in total. The lowest BCUT2D eigenvalue weighted by atomic mass is 10.1. The van der Waals surface area contributed by atoms with Crippen molar-refractivity contribution >= 4 is 0 Å². The summed E-state index contributed by atoms with van der Waals surface area (Å²) in [6.45, 7) is 3.38. The van der Waals surface area contributed by atoms with Gasteiger partial charge >= 0.3 is 0 Å². The van der Waals surface area contributed by atoms with E-state index in [-0.39, 0.29) is 0 Å². The lowest BCUT2D eigenvalue weighted by Gasteiger charge is -2.15. The number of aromatic amines is 1. The molecule has 1 atom stereocenters. The molecule has 0 saturated carbocycles. The van der Waals surface area contributed by atoms with E-state index in [1.807, 2.05) is 6.20 Å². The predicted octanol–water partition coefficient (Wildman–Crippen LogP) is 2.40. The first kappa shape index (κ1) is 10.5. The van der Waals surface area contributed by atoms with Gasteiger partial charge in [-0.1, -0.05) is 30.3 Å². The Kier molecular flexibility index (Phi) is 2.92. The molecule has 0 radical (unpaired) electrons. The van der Waals surface area contributed by atoms with Gasteiger partial charge in [0.1, 0.15) is 0 Å². The number of benzene rings is 1. The molecule has 2 heterocycles. The second kappa shape index (κ2) is 4.72. The number of hydrogen-bond donors (Lipinski definition) is 1. The first-order valence-electron chi connectivity index (χ1n) is 6.17. The molecular weight excluding hydrogens is 210 g/mol. The highest BCUT2D eigenvalue weighted by molar-refractivity contribution is 5.15. The Hall–Kier alpha value is -1.61. The van der Waals surface area contributed by atoms with Crippen LogP contribution >= 0.6 is 0 Å². The van der Waals surface area contributed by atoms with Crippen LogP contribution in [0.1, 0.15) is 23.6 Å². The Labute approximate surface area is 101 Å². The van der Waals surface area contributed by atoms with Crippen LogP contribution in [-0.4, -0.2) is 28.2 Å².